The summed E-state index contributed by atoms with van der Waals surface area (Å²) in [5.74, 6) is -1.03. The van der Waals surface area contributed by atoms with E-state index in [9.17, 15) is 8.78 Å². The van der Waals surface area contributed by atoms with Crippen LogP contribution in [0, 0.1) is 18.6 Å². The molecule has 1 atom stereocenters. The minimum Gasteiger partial charge on any atom is -0.322 e. The molecule has 112 valence electrons. The number of nitrogens with zero attached hydrogens (tertiary/aromatic N) is 1. The Morgan fingerprint density at radius 3 is 2.30 bits per heavy atom. The number of aryl methyl sites for hydroxylation is 1. The van der Waals surface area contributed by atoms with Crippen molar-refractivity contribution in [3.05, 3.63) is 34.9 Å². The van der Waals surface area contributed by atoms with Gasteiger partial charge >= 0.3 is 0 Å². The first-order valence-corrected chi connectivity index (χ1v) is 7.27. The van der Waals surface area contributed by atoms with Crippen LogP contribution in [0.3, 0.4) is 0 Å². The van der Waals surface area contributed by atoms with Gasteiger partial charge in [-0.05, 0) is 45.5 Å². The van der Waals surface area contributed by atoms with E-state index in [2.05, 4.69) is 4.90 Å². The molecule has 2 rings (SSSR count). The number of rotatable bonds is 3. The zero-order valence-corrected chi connectivity index (χ0v) is 12.5. The number of hydrogen-bond acceptors (Lipinski definition) is 2. The van der Waals surface area contributed by atoms with Crippen LogP contribution in [0.25, 0.3) is 0 Å². The molecule has 0 saturated heterocycles. The summed E-state index contributed by atoms with van der Waals surface area (Å²) in [5.41, 5.74) is 6.49. The molecule has 1 aromatic carbocycles. The quantitative estimate of drug-likeness (QED) is 0.919. The highest BCUT2D eigenvalue weighted by atomic mass is 19.1. The summed E-state index contributed by atoms with van der Waals surface area (Å²) in [4.78, 5) is 2.05. The minimum absolute atomic E-state index is 0.0422. The number of likely N-dealkylation sites (N-methyl/N-ethyl adjacent to an activating group) is 1. The molecule has 0 aliphatic heterocycles. The Kier molecular flexibility index (Phi) is 4.45. The van der Waals surface area contributed by atoms with Gasteiger partial charge in [-0.3, -0.25) is 0 Å². The number of nitrogens with two attached hydrogens (primary N) is 1. The monoisotopic (exact) mass is 282 g/mol. The minimum atomic E-state index is -0.641. The third-order valence-corrected chi connectivity index (χ3v) is 4.82. The Bertz CT molecular complexity index is 480. The first kappa shape index (κ1) is 15.4. The van der Waals surface area contributed by atoms with Crippen LogP contribution < -0.4 is 5.73 Å². The molecule has 20 heavy (non-hydrogen) atoms. The van der Waals surface area contributed by atoms with Crippen molar-refractivity contribution in [2.75, 3.05) is 14.1 Å². The highest BCUT2D eigenvalue weighted by Gasteiger charge is 2.42. The van der Waals surface area contributed by atoms with Crippen molar-refractivity contribution in [2.24, 2.45) is 5.73 Å². The van der Waals surface area contributed by atoms with Gasteiger partial charge in [-0.25, -0.2) is 8.78 Å². The van der Waals surface area contributed by atoms with Gasteiger partial charge in [0.25, 0.3) is 0 Å². The maximum atomic E-state index is 14.4. The molecule has 0 radical (unpaired) electrons. The van der Waals surface area contributed by atoms with Gasteiger partial charge in [0, 0.05) is 11.1 Å². The fourth-order valence-electron chi connectivity index (χ4n) is 3.43. The van der Waals surface area contributed by atoms with E-state index in [0.29, 0.717) is 5.56 Å². The van der Waals surface area contributed by atoms with Crippen LogP contribution in [0.1, 0.15) is 49.3 Å². The van der Waals surface area contributed by atoms with Crippen molar-refractivity contribution in [1.82, 2.24) is 4.90 Å². The van der Waals surface area contributed by atoms with Crippen LogP contribution in [-0.2, 0) is 0 Å². The van der Waals surface area contributed by atoms with Crippen molar-refractivity contribution in [2.45, 2.75) is 50.6 Å². The van der Waals surface area contributed by atoms with E-state index < -0.39 is 17.7 Å². The molecule has 0 heterocycles. The fraction of sp³-hybridized carbons (Fsp3) is 0.625. The van der Waals surface area contributed by atoms with E-state index in [1.165, 1.54) is 18.6 Å². The Morgan fingerprint density at radius 1 is 1.15 bits per heavy atom. The summed E-state index contributed by atoms with van der Waals surface area (Å²) in [6, 6.07) is 2.14. The van der Waals surface area contributed by atoms with E-state index in [-0.39, 0.29) is 11.1 Å². The molecule has 0 spiro atoms. The summed E-state index contributed by atoms with van der Waals surface area (Å²) in [5, 5.41) is 0. The van der Waals surface area contributed by atoms with E-state index in [1.807, 2.05) is 14.1 Å². The molecular weight excluding hydrogens is 258 g/mol. The van der Waals surface area contributed by atoms with Gasteiger partial charge < -0.3 is 10.6 Å². The second-order valence-electron chi connectivity index (χ2n) is 6.13. The lowest BCUT2D eigenvalue weighted by molar-refractivity contribution is 0.0687. The number of benzene rings is 1. The second-order valence-corrected chi connectivity index (χ2v) is 6.13. The third kappa shape index (κ3) is 2.47. The van der Waals surface area contributed by atoms with Crippen molar-refractivity contribution < 1.29 is 8.78 Å². The molecule has 2 N–H and O–H groups in total. The lowest BCUT2D eigenvalue weighted by Gasteiger charge is -2.47. The maximum absolute atomic E-state index is 14.4. The Labute approximate surface area is 120 Å². The number of hydrogen-bond donors (Lipinski definition) is 1. The summed E-state index contributed by atoms with van der Waals surface area (Å²) >= 11 is 0. The van der Waals surface area contributed by atoms with Gasteiger partial charge in [0.15, 0.2) is 0 Å². The smallest absolute Gasteiger partial charge is 0.133 e. The SMILES string of the molecule is Cc1ccc(F)c(C(N)C2(N(C)C)CCCCC2)c1F. The summed E-state index contributed by atoms with van der Waals surface area (Å²) < 4.78 is 28.5. The topological polar surface area (TPSA) is 29.3 Å². The van der Waals surface area contributed by atoms with Crippen LogP contribution in [-0.4, -0.2) is 24.5 Å². The van der Waals surface area contributed by atoms with E-state index in [1.54, 1.807) is 6.92 Å². The van der Waals surface area contributed by atoms with Crippen molar-refractivity contribution >= 4 is 0 Å². The summed E-state index contributed by atoms with van der Waals surface area (Å²) in [7, 11) is 3.91. The van der Waals surface area contributed by atoms with Crippen LogP contribution in [0.5, 0.6) is 0 Å². The molecule has 4 heteroatoms. The van der Waals surface area contributed by atoms with Crippen molar-refractivity contribution in [3.63, 3.8) is 0 Å². The first-order valence-electron chi connectivity index (χ1n) is 7.27. The standard InChI is InChI=1S/C16H24F2N2/c1-11-7-8-12(17)13(14(11)18)15(19)16(20(2)3)9-5-4-6-10-16/h7-8,15H,4-6,9-10,19H2,1-3H3. The van der Waals surface area contributed by atoms with Crippen LogP contribution in [0.4, 0.5) is 8.78 Å². The first-order chi connectivity index (χ1) is 9.40. The number of halogens is 2. The van der Waals surface area contributed by atoms with Gasteiger partial charge in [0.1, 0.15) is 11.6 Å². The molecule has 1 aromatic rings. The Morgan fingerprint density at radius 2 is 1.75 bits per heavy atom. The molecular formula is C16H24F2N2. The zero-order valence-electron chi connectivity index (χ0n) is 12.5. The van der Waals surface area contributed by atoms with Crippen LogP contribution >= 0.6 is 0 Å². The average Bonchev–Trinajstić information content (AvgIpc) is 2.43. The third-order valence-electron chi connectivity index (χ3n) is 4.82. The highest BCUT2D eigenvalue weighted by Crippen LogP contribution is 2.42. The lowest BCUT2D eigenvalue weighted by Crippen LogP contribution is -2.54. The molecule has 2 nitrogen and oxygen atoms in total. The lowest BCUT2D eigenvalue weighted by atomic mass is 9.73. The van der Waals surface area contributed by atoms with Gasteiger partial charge in [0.05, 0.1) is 6.04 Å². The second kappa shape index (κ2) is 5.78. The van der Waals surface area contributed by atoms with E-state index >= 15 is 0 Å². The molecule has 0 bridgehead atoms. The largest absolute Gasteiger partial charge is 0.322 e. The molecule has 0 aromatic heterocycles. The van der Waals surface area contributed by atoms with E-state index in [4.69, 9.17) is 5.73 Å². The Hall–Kier alpha value is -1.00. The predicted octanol–water partition coefficient (Wildman–Crippen LogP) is 3.54. The fourth-order valence-corrected chi connectivity index (χ4v) is 3.43. The summed E-state index contributed by atoms with van der Waals surface area (Å²) in [6.07, 6.45) is 5.05. The molecule has 1 saturated carbocycles. The van der Waals surface area contributed by atoms with Gasteiger partial charge in [-0.1, -0.05) is 25.3 Å². The van der Waals surface area contributed by atoms with Crippen LogP contribution in [0.2, 0.25) is 0 Å². The predicted molar refractivity (Wildman–Crippen MR) is 77.5 cm³/mol. The average molecular weight is 282 g/mol. The van der Waals surface area contributed by atoms with Gasteiger partial charge in [0.2, 0.25) is 0 Å². The molecule has 1 aliphatic rings. The highest BCUT2D eigenvalue weighted by molar-refractivity contribution is 5.31. The summed E-state index contributed by atoms with van der Waals surface area (Å²) in [6.45, 7) is 1.65. The molecule has 1 aliphatic carbocycles. The maximum Gasteiger partial charge on any atom is 0.133 e. The molecule has 1 fully saturated rings. The van der Waals surface area contributed by atoms with Crippen molar-refractivity contribution in [1.29, 1.82) is 0 Å². The van der Waals surface area contributed by atoms with Crippen molar-refractivity contribution in [3.8, 4) is 0 Å². The van der Waals surface area contributed by atoms with Gasteiger partial charge in [-0.15, -0.1) is 0 Å². The molecule has 0 amide bonds. The van der Waals surface area contributed by atoms with E-state index in [0.717, 1.165) is 25.7 Å². The van der Waals surface area contributed by atoms with Gasteiger partial charge in [-0.2, -0.15) is 0 Å². The molecule has 1 unspecified atom stereocenters. The Balaban J connectivity index is 2.48. The van der Waals surface area contributed by atoms with Crippen LogP contribution in [0.15, 0.2) is 12.1 Å². The normalized spacial score (nSPS) is 20.1. The zero-order chi connectivity index (χ0) is 14.9.